The first-order valence-electron chi connectivity index (χ1n) is 7.35. The lowest BCUT2D eigenvalue weighted by Gasteiger charge is -2.26. The van der Waals surface area contributed by atoms with Crippen LogP contribution in [-0.2, 0) is 4.74 Å². The molecule has 3 nitrogen and oxygen atoms in total. The predicted octanol–water partition coefficient (Wildman–Crippen LogP) is 4.41. The summed E-state index contributed by atoms with van der Waals surface area (Å²) < 4.78 is 17.2. The molecule has 110 valence electrons. The second kappa shape index (κ2) is 7.34. The van der Waals surface area contributed by atoms with Crippen molar-refractivity contribution >= 4 is 6.08 Å². The normalized spacial score (nSPS) is 17.5. The number of methoxy groups -OCH3 is 1. The van der Waals surface area contributed by atoms with Crippen molar-refractivity contribution in [1.82, 2.24) is 0 Å². The average Bonchev–Trinajstić information content (AvgIpc) is 2.48. The molecule has 0 saturated heterocycles. The van der Waals surface area contributed by atoms with Gasteiger partial charge in [0.2, 0.25) is 0 Å². The van der Waals surface area contributed by atoms with Crippen molar-refractivity contribution in [3.05, 3.63) is 30.3 Å². The third-order valence-electron chi connectivity index (χ3n) is 3.65. The zero-order valence-electron chi connectivity index (χ0n) is 12.4. The first-order valence-corrected chi connectivity index (χ1v) is 7.35. The van der Waals surface area contributed by atoms with Crippen molar-refractivity contribution in [3.8, 4) is 11.5 Å². The zero-order valence-corrected chi connectivity index (χ0v) is 12.4. The highest BCUT2D eigenvalue weighted by atomic mass is 16.7. The highest BCUT2D eigenvalue weighted by Gasteiger charge is 2.18. The molecule has 20 heavy (non-hydrogen) atoms. The minimum Gasteiger partial charge on any atom is -0.493 e. The van der Waals surface area contributed by atoms with Crippen LogP contribution in [0.25, 0.3) is 6.08 Å². The van der Waals surface area contributed by atoms with Gasteiger partial charge in [0.15, 0.2) is 17.8 Å². The molecular formula is C17H24O3. The van der Waals surface area contributed by atoms with Crippen LogP contribution in [-0.4, -0.2) is 19.5 Å². The van der Waals surface area contributed by atoms with Crippen LogP contribution in [0.4, 0.5) is 0 Å². The summed E-state index contributed by atoms with van der Waals surface area (Å²) in [6, 6.07) is 5.77. The summed E-state index contributed by atoms with van der Waals surface area (Å²) in [4.78, 5) is 0. The molecule has 0 aliphatic heterocycles. The van der Waals surface area contributed by atoms with Gasteiger partial charge in [-0.1, -0.05) is 38.0 Å². The van der Waals surface area contributed by atoms with Gasteiger partial charge in [-0.2, -0.15) is 0 Å². The minimum absolute atomic E-state index is 0.262. The van der Waals surface area contributed by atoms with Crippen molar-refractivity contribution in [2.75, 3.05) is 7.11 Å². The SMILES string of the molecule is C=Cc1ccc(OC(C)OC2CCCCC2)c(OC)c1. The molecule has 1 saturated carbocycles. The van der Waals surface area contributed by atoms with Crippen molar-refractivity contribution in [2.24, 2.45) is 0 Å². The monoisotopic (exact) mass is 276 g/mol. The summed E-state index contributed by atoms with van der Waals surface area (Å²) in [5.74, 6) is 1.42. The lowest BCUT2D eigenvalue weighted by Crippen LogP contribution is -2.26. The van der Waals surface area contributed by atoms with Crippen LogP contribution >= 0.6 is 0 Å². The lowest BCUT2D eigenvalue weighted by molar-refractivity contribution is -0.117. The predicted molar refractivity (Wildman–Crippen MR) is 81.1 cm³/mol. The summed E-state index contributed by atoms with van der Waals surface area (Å²) >= 11 is 0. The molecule has 0 bridgehead atoms. The molecule has 1 aliphatic rings. The van der Waals surface area contributed by atoms with E-state index in [1.54, 1.807) is 13.2 Å². The van der Waals surface area contributed by atoms with Gasteiger partial charge in [0.05, 0.1) is 13.2 Å². The summed E-state index contributed by atoms with van der Waals surface area (Å²) in [6.07, 6.45) is 7.98. The van der Waals surface area contributed by atoms with E-state index in [0.29, 0.717) is 17.6 Å². The van der Waals surface area contributed by atoms with Crippen LogP contribution in [0.1, 0.15) is 44.6 Å². The molecule has 1 aliphatic carbocycles. The van der Waals surface area contributed by atoms with Gasteiger partial charge in [-0.15, -0.1) is 0 Å². The lowest BCUT2D eigenvalue weighted by atomic mass is 9.98. The van der Waals surface area contributed by atoms with Crippen LogP contribution < -0.4 is 9.47 Å². The molecule has 0 heterocycles. The Labute approximate surface area is 121 Å². The average molecular weight is 276 g/mol. The van der Waals surface area contributed by atoms with Crippen LogP contribution in [0, 0.1) is 0 Å². The number of hydrogen-bond donors (Lipinski definition) is 0. The van der Waals surface area contributed by atoms with E-state index in [2.05, 4.69) is 6.58 Å². The Hall–Kier alpha value is -1.48. The van der Waals surface area contributed by atoms with E-state index in [1.807, 2.05) is 25.1 Å². The largest absolute Gasteiger partial charge is 0.493 e. The summed E-state index contributed by atoms with van der Waals surface area (Å²) in [7, 11) is 1.64. The van der Waals surface area contributed by atoms with Crippen molar-refractivity contribution in [2.45, 2.75) is 51.4 Å². The molecule has 3 heteroatoms. The van der Waals surface area contributed by atoms with Crippen LogP contribution in [0.3, 0.4) is 0 Å². The van der Waals surface area contributed by atoms with Crippen LogP contribution in [0.15, 0.2) is 24.8 Å². The molecule has 0 aromatic heterocycles. The number of benzene rings is 1. The molecule has 0 radical (unpaired) electrons. The Balaban J connectivity index is 1.95. The number of hydrogen-bond acceptors (Lipinski definition) is 3. The second-order valence-electron chi connectivity index (χ2n) is 5.20. The van der Waals surface area contributed by atoms with Gasteiger partial charge in [-0.3, -0.25) is 0 Å². The third kappa shape index (κ3) is 4.01. The second-order valence-corrected chi connectivity index (χ2v) is 5.20. The standard InChI is InChI=1S/C17H24O3/c1-4-14-10-11-16(17(12-14)18-3)20-13(2)19-15-8-6-5-7-9-15/h4,10-13,15H,1,5-9H2,2-3H3. The number of rotatable bonds is 6. The molecule has 1 fully saturated rings. The Morgan fingerprint density at radius 3 is 2.60 bits per heavy atom. The fourth-order valence-corrected chi connectivity index (χ4v) is 2.59. The van der Waals surface area contributed by atoms with Gasteiger partial charge in [0.25, 0.3) is 0 Å². The van der Waals surface area contributed by atoms with Gasteiger partial charge in [-0.25, -0.2) is 0 Å². The highest BCUT2D eigenvalue weighted by Crippen LogP contribution is 2.30. The van der Waals surface area contributed by atoms with E-state index in [9.17, 15) is 0 Å². The van der Waals surface area contributed by atoms with Crippen LogP contribution in [0.5, 0.6) is 11.5 Å². The first-order chi connectivity index (χ1) is 9.72. The van der Waals surface area contributed by atoms with Gasteiger partial charge >= 0.3 is 0 Å². The van der Waals surface area contributed by atoms with E-state index in [-0.39, 0.29) is 6.29 Å². The van der Waals surface area contributed by atoms with E-state index in [0.717, 1.165) is 18.4 Å². The molecule has 0 N–H and O–H groups in total. The molecule has 1 aromatic carbocycles. The summed E-state index contributed by atoms with van der Waals surface area (Å²) in [5, 5.41) is 0. The Morgan fingerprint density at radius 2 is 1.95 bits per heavy atom. The Bertz CT molecular complexity index is 436. The fourth-order valence-electron chi connectivity index (χ4n) is 2.59. The molecule has 1 aromatic rings. The first kappa shape index (κ1) is 14.9. The maximum atomic E-state index is 5.95. The van der Waals surface area contributed by atoms with E-state index < -0.39 is 0 Å². The van der Waals surface area contributed by atoms with Crippen LogP contribution in [0.2, 0.25) is 0 Å². The molecular weight excluding hydrogens is 252 g/mol. The van der Waals surface area contributed by atoms with Crippen molar-refractivity contribution < 1.29 is 14.2 Å². The minimum atomic E-state index is -0.262. The van der Waals surface area contributed by atoms with E-state index in [4.69, 9.17) is 14.2 Å². The molecule has 2 rings (SSSR count). The molecule has 1 unspecified atom stereocenters. The Morgan fingerprint density at radius 1 is 1.20 bits per heavy atom. The Kier molecular flexibility index (Phi) is 5.48. The maximum Gasteiger partial charge on any atom is 0.197 e. The van der Waals surface area contributed by atoms with Gasteiger partial charge in [0, 0.05) is 0 Å². The van der Waals surface area contributed by atoms with Crippen molar-refractivity contribution in [3.63, 3.8) is 0 Å². The zero-order chi connectivity index (χ0) is 14.4. The van der Waals surface area contributed by atoms with E-state index >= 15 is 0 Å². The van der Waals surface area contributed by atoms with Gasteiger partial charge in [0.1, 0.15) is 0 Å². The number of ether oxygens (including phenoxy) is 3. The molecule has 0 amide bonds. The summed E-state index contributed by atoms with van der Waals surface area (Å²) in [5.41, 5.74) is 1.01. The quantitative estimate of drug-likeness (QED) is 0.720. The highest BCUT2D eigenvalue weighted by molar-refractivity contribution is 5.54. The third-order valence-corrected chi connectivity index (χ3v) is 3.65. The smallest absolute Gasteiger partial charge is 0.197 e. The summed E-state index contributed by atoms with van der Waals surface area (Å²) in [6.45, 7) is 5.69. The molecule has 1 atom stereocenters. The fraction of sp³-hybridized carbons (Fsp3) is 0.529. The van der Waals surface area contributed by atoms with Gasteiger partial charge in [-0.05, 0) is 37.5 Å². The molecule has 0 spiro atoms. The van der Waals surface area contributed by atoms with E-state index in [1.165, 1.54) is 19.3 Å². The van der Waals surface area contributed by atoms with Crippen molar-refractivity contribution in [1.29, 1.82) is 0 Å². The van der Waals surface area contributed by atoms with Gasteiger partial charge < -0.3 is 14.2 Å². The topological polar surface area (TPSA) is 27.7 Å². The maximum absolute atomic E-state index is 5.95.